The first-order valence-electron chi connectivity index (χ1n) is 9.55. The summed E-state index contributed by atoms with van der Waals surface area (Å²) in [6.07, 6.45) is 2.31. The first kappa shape index (κ1) is 20.2. The van der Waals surface area contributed by atoms with Crippen LogP contribution in [0, 0.1) is 0 Å². The lowest BCUT2D eigenvalue weighted by atomic mass is 10.1. The Kier molecular flexibility index (Phi) is 7.05. The van der Waals surface area contributed by atoms with Gasteiger partial charge < -0.3 is 20.1 Å². The molecule has 0 fully saturated rings. The van der Waals surface area contributed by atoms with E-state index < -0.39 is 0 Å². The molecule has 0 spiro atoms. The lowest BCUT2D eigenvalue weighted by Crippen LogP contribution is -2.25. The molecular formula is C23H25N3O3. The Hall–Kier alpha value is -3.54. The van der Waals surface area contributed by atoms with Gasteiger partial charge in [-0.15, -0.1) is 0 Å². The van der Waals surface area contributed by atoms with E-state index in [1.807, 2.05) is 55.5 Å². The number of rotatable bonds is 9. The Morgan fingerprint density at radius 1 is 1.03 bits per heavy atom. The molecule has 0 aliphatic carbocycles. The SMILES string of the molecule is CCOc1ccccc1Nc1ccc(C(=O)NCCc2ccc(OC)cc2)cn1. The van der Waals surface area contributed by atoms with Crippen LogP contribution in [0.15, 0.2) is 66.9 Å². The number of amides is 1. The maximum atomic E-state index is 12.3. The van der Waals surface area contributed by atoms with Crippen molar-refractivity contribution >= 4 is 17.4 Å². The summed E-state index contributed by atoms with van der Waals surface area (Å²) >= 11 is 0. The fourth-order valence-corrected chi connectivity index (χ4v) is 2.81. The molecule has 0 aliphatic heterocycles. The van der Waals surface area contributed by atoms with Crippen LogP contribution in [0.4, 0.5) is 11.5 Å². The van der Waals surface area contributed by atoms with Gasteiger partial charge >= 0.3 is 0 Å². The minimum absolute atomic E-state index is 0.146. The molecule has 0 bridgehead atoms. The third kappa shape index (κ3) is 5.72. The summed E-state index contributed by atoms with van der Waals surface area (Å²) in [5.41, 5.74) is 2.48. The van der Waals surface area contributed by atoms with Crippen molar-refractivity contribution in [3.05, 3.63) is 78.0 Å². The van der Waals surface area contributed by atoms with Gasteiger partial charge in [-0.2, -0.15) is 0 Å². The van der Waals surface area contributed by atoms with Crippen LogP contribution >= 0.6 is 0 Å². The molecule has 0 atom stereocenters. The molecule has 0 saturated heterocycles. The van der Waals surface area contributed by atoms with Gasteiger partial charge in [0.15, 0.2) is 0 Å². The number of pyridine rings is 1. The molecule has 2 N–H and O–H groups in total. The third-order valence-corrected chi connectivity index (χ3v) is 4.33. The minimum Gasteiger partial charge on any atom is -0.497 e. The van der Waals surface area contributed by atoms with Crippen LogP contribution in [0.1, 0.15) is 22.8 Å². The van der Waals surface area contributed by atoms with Crippen molar-refractivity contribution in [2.75, 3.05) is 25.6 Å². The van der Waals surface area contributed by atoms with Crippen molar-refractivity contribution in [3.63, 3.8) is 0 Å². The van der Waals surface area contributed by atoms with Gasteiger partial charge in [-0.05, 0) is 55.3 Å². The van der Waals surface area contributed by atoms with Crippen LogP contribution < -0.4 is 20.1 Å². The van der Waals surface area contributed by atoms with E-state index in [1.54, 1.807) is 25.4 Å². The van der Waals surface area contributed by atoms with Crippen LogP contribution in [-0.2, 0) is 6.42 Å². The average Bonchev–Trinajstić information content (AvgIpc) is 2.76. The summed E-state index contributed by atoms with van der Waals surface area (Å²) in [6, 6.07) is 19.0. The average molecular weight is 391 g/mol. The van der Waals surface area contributed by atoms with Gasteiger partial charge in [0.1, 0.15) is 17.3 Å². The van der Waals surface area contributed by atoms with Crippen LogP contribution in [-0.4, -0.2) is 31.2 Å². The molecule has 2 aromatic carbocycles. The molecule has 0 unspecified atom stereocenters. The largest absolute Gasteiger partial charge is 0.497 e. The third-order valence-electron chi connectivity index (χ3n) is 4.33. The maximum absolute atomic E-state index is 12.3. The van der Waals surface area contributed by atoms with Gasteiger partial charge in [0.05, 0.1) is 25.0 Å². The van der Waals surface area contributed by atoms with Crippen LogP contribution in [0.5, 0.6) is 11.5 Å². The molecule has 1 heterocycles. The summed E-state index contributed by atoms with van der Waals surface area (Å²) in [6.45, 7) is 3.08. The number of carbonyl (C=O) groups excluding carboxylic acids is 1. The van der Waals surface area contributed by atoms with Gasteiger partial charge in [-0.3, -0.25) is 4.79 Å². The van der Waals surface area contributed by atoms with Gasteiger partial charge in [0, 0.05) is 12.7 Å². The fourth-order valence-electron chi connectivity index (χ4n) is 2.81. The number of hydrogen-bond donors (Lipinski definition) is 2. The van der Waals surface area contributed by atoms with Gasteiger partial charge in [-0.1, -0.05) is 24.3 Å². The standard InChI is InChI=1S/C23H25N3O3/c1-3-29-21-7-5-4-6-20(21)26-22-13-10-18(16-25-22)23(27)24-15-14-17-8-11-19(28-2)12-9-17/h4-13,16H,3,14-15H2,1-2H3,(H,24,27)(H,25,26). The highest BCUT2D eigenvalue weighted by Crippen LogP contribution is 2.26. The number of nitrogens with one attached hydrogen (secondary N) is 2. The molecule has 1 aromatic heterocycles. The predicted molar refractivity (Wildman–Crippen MR) is 114 cm³/mol. The van der Waals surface area contributed by atoms with Crippen molar-refractivity contribution in [2.24, 2.45) is 0 Å². The summed E-state index contributed by atoms with van der Waals surface area (Å²) in [7, 11) is 1.64. The van der Waals surface area contributed by atoms with Gasteiger partial charge in [0.25, 0.3) is 5.91 Å². The predicted octanol–water partition coefficient (Wildman–Crippen LogP) is 4.21. The van der Waals surface area contributed by atoms with Crippen molar-refractivity contribution in [2.45, 2.75) is 13.3 Å². The molecule has 29 heavy (non-hydrogen) atoms. The second kappa shape index (κ2) is 10.1. The first-order valence-corrected chi connectivity index (χ1v) is 9.55. The van der Waals surface area contributed by atoms with E-state index in [4.69, 9.17) is 9.47 Å². The van der Waals surface area contributed by atoms with E-state index in [-0.39, 0.29) is 5.91 Å². The molecule has 1 amide bonds. The maximum Gasteiger partial charge on any atom is 0.252 e. The number of nitrogens with zero attached hydrogens (tertiary/aromatic N) is 1. The number of ether oxygens (including phenoxy) is 2. The summed E-state index contributed by atoms with van der Waals surface area (Å²) in [5, 5.41) is 6.14. The second-order valence-corrected chi connectivity index (χ2v) is 6.34. The molecular weight excluding hydrogens is 366 g/mol. The Morgan fingerprint density at radius 3 is 2.52 bits per heavy atom. The number of aromatic nitrogens is 1. The Morgan fingerprint density at radius 2 is 1.83 bits per heavy atom. The van der Waals surface area contributed by atoms with E-state index >= 15 is 0 Å². The van der Waals surface area contributed by atoms with Crippen molar-refractivity contribution in [3.8, 4) is 11.5 Å². The van der Waals surface area contributed by atoms with E-state index in [1.165, 1.54) is 0 Å². The Labute approximate surface area is 170 Å². The molecule has 0 radical (unpaired) electrons. The number of anilines is 2. The quantitative estimate of drug-likeness (QED) is 0.572. The Balaban J connectivity index is 1.53. The van der Waals surface area contributed by atoms with E-state index in [2.05, 4.69) is 15.6 Å². The van der Waals surface area contributed by atoms with Crippen molar-refractivity contribution < 1.29 is 14.3 Å². The van der Waals surface area contributed by atoms with Gasteiger partial charge in [-0.25, -0.2) is 4.98 Å². The highest BCUT2D eigenvalue weighted by atomic mass is 16.5. The monoisotopic (exact) mass is 391 g/mol. The molecule has 3 aromatic rings. The lowest BCUT2D eigenvalue weighted by Gasteiger charge is -2.12. The normalized spacial score (nSPS) is 10.3. The summed E-state index contributed by atoms with van der Waals surface area (Å²) in [5.74, 6) is 2.08. The minimum atomic E-state index is -0.146. The fraction of sp³-hybridized carbons (Fsp3) is 0.217. The lowest BCUT2D eigenvalue weighted by molar-refractivity contribution is 0.0954. The van der Waals surface area contributed by atoms with Crippen molar-refractivity contribution in [1.29, 1.82) is 0 Å². The molecule has 0 saturated carbocycles. The Bertz CT molecular complexity index is 925. The van der Waals surface area contributed by atoms with Crippen molar-refractivity contribution in [1.82, 2.24) is 10.3 Å². The number of hydrogen-bond acceptors (Lipinski definition) is 5. The van der Waals surface area contributed by atoms with E-state index in [9.17, 15) is 4.79 Å². The molecule has 6 heteroatoms. The van der Waals surface area contributed by atoms with E-state index in [0.717, 1.165) is 29.2 Å². The number of para-hydroxylation sites is 2. The summed E-state index contributed by atoms with van der Waals surface area (Å²) in [4.78, 5) is 16.7. The zero-order valence-electron chi connectivity index (χ0n) is 16.6. The van der Waals surface area contributed by atoms with Crippen LogP contribution in [0.25, 0.3) is 0 Å². The summed E-state index contributed by atoms with van der Waals surface area (Å²) < 4.78 is 10.8. The number of carbonyl (C=O) groups is 1. The highest BCUT2D eigenvalue weighted by molar-refractivity contribution is 5.94. The molecule has 6 nitrogen and oxygen atoms in total. The topological polar surface area (TPSA) is 72.5 Å². The van der Waals surface area contributed by atoms with E-state index in [0.29, 0.717) is 24.5 Å². The van der Waals surface area contributed by atoms with Crippen LogP contribution in [0.3, 0.4) is 0 Å². The molecule has 3 rings (SSSR count). The highest BCUT2D eigenvalue weighted by Gasteiger charge is 2.08. The number of methoxy groups -OCH3 is 1. The zero-order valence-corrected chi connectivity index (χ0v) is 16.6. The molecule has 150 valence electrons. The van der Waals surface area contributed by atoms with Crippen LogP contribution in [0.2, 0.25) is 0 Å². The number of benzene rings is 2. The second-order valence-electron chi connectivity index (χ2n) is 6.34. The van der Waals surface area contributed by atoms with Gasteiger partial charge in [0.2, 0.25) is 0 Å². The smallest absolute Gasteiger partial charge is 0.252 e. The first-order chi connectivity index (χ1) is 14.2. The molecule has 0 aliphatic rings. The zero-order chi connectivity index (χ0) is 20.5.